The zero-order chi connectivity index (χ0) is 33.0. The average molecular weight is 639 g/mol. The number of carboxylic acid groups (broad SMARTS) is 1. The molecule has 0 saturated carbocycles. The number of aliphatic hydroxyl groups excluding tert-OH is 1. The van der Waals surface area contributed by atoms with E-state index in [2.05, 4.69) is 24.1 Å². The van der Waals surface area contributed by atoms with Gasteiger partial charge in [-0.1, -0.05) is 114 Å². The normalized spacial score (nSPS) is 18.1. The van der Waals surface area contributed by atoms with Gasteiger partial charge >= 0.3 is 5.97 Å². The summed E-state index contributed by atoms with van der Waals surface area (Å²) in [6, 6.07) is 15.4. The van der Waals surface area contributed by atoms with Crippen molar-refractivity contribution in [2.24, 2.45) is 0 Å². The zero-order valence-electron chi connectivity index (χ0n) is 28.3. The van der Waals surface area contributed by atoms with Crippen LogP contribution in [0.3, 0.4) is 0 Å². The summed E-state index contributed by atoms with van der Waals surface area (Å²) in [5.74, 6) is -1.34. The van der Waals surface area contributed by atoms with E-state index >= 15 is 0 Å². The fourth-order valence-electron chi connectivity index (χ4n) is 6.05. The number of carboxylic acids is 1. The summed E-state index contributed by atoms with van der Waals surface area (Å²) in [7, 11) is 0. The SMILES string of the molecule is CCCCCCCCN(CCCCCCCC)C[C@H]1C[C@@H](c2ccc(CO)cc2)O[C@@H](c2cccc(NC(=O)CCC(=O)O)c2)O1. The summed E-state index contributed by atoms with van der Waals surface area (Å²) >= 11 is 0. The minimum Gasteiger partial charge on any atom is -0.481 e. The number of benzene rings is 2. The topological polar surface area (TPSA) is 108 Å². The van der Waals surface area contributed by atoms with Crippen molar-refractivity contribution in [3.05, 3.63) is 65.2 Å². The molecule has 2 aromatic rings. The lowest BCUT2D eigenvalue weighted by molar-refractivity contribution is -0.253. The molecule has 8 nitrogen and oxygen atoms in total. The molecule has 1 aliphatic heterocycles. The van der Waals surface area contributed by atoms with Crippen molar-refractivity contribution in [2.45, 2.75) is 135 Å². The first-order valence-electron chi connectivity index (χ1n) is 17.8. The third kappa shape index (κ3) is 14.3. The zero-order valence-corrected chi connectivity index (χ0v) is 28.3. The van der Waals surface area contributed by atoms with Crippen LogP contribution in [0.2, 0.25) is 0 Å². The number of amides is 1. The molecule has 2 aromatic carbocycles. The number of unbranched alkanes of at least 4 members (excludes halogenated alkanes) is 10. The maximum absolute atomic E-state index is 12.3. The number of carbonyl (C=O) groups is 2. The second kappa shape index (κ2) is 21.9. The van der Waals surface area contributed by atoms with Gasteiger partial charge in [-0.05, 0) is 49.2 Å². The first-order chi connectivity index (χ1) is 22.4. The van der Waals surface area contributed by atoms with Crippen molar-refractivity contribution in [2.75, 3.05) is 25.0 Å². The molecule has 3 atom stereocenters. The molecule has 46 heavy (non-hydrogen) atoms. The maximum Gasteiger partial charge on any atom is 0.303 e. The minimum absolute atomic E-state index is 0.00299. The molecule has 1 fully saturated rings. The number of nitrogens with one attached hydrogen (secondary N) is 1. The highest BCUT2D eigenvalue weighted by atomic mass is 16.7. The molecule has 3 N–H and O–H groups in total. The molecule has 3 rings (SSSR count). The lowest BCUT2D eigenvalue weighted by Gasteiger charge is -2.38. The monoisotopic (exact) mass is 638 g/mol. The Kier molecular flexibility index (Phi) is 17.9. The quantitative estimate of drug-likeness (QED) is 0.105. The molecule has 256 valence electrons. The molecular weight excluding hydrogens is 580 g/mol. The lowest BCUT2D eigenvalue weighted by Crippen LogP contribution is -2.40. The summed E-state index contributed by atoms with van der Waals surface area (Å²) in [6.07, 6.45) is 14.8. The van der Waals surface area contributed by atoms with Crippen molar-refractivity contribution in [3.63, 3.8) is 0 Å². The van der Waals surface area contributed by atoms with Crippen LogP contribution in [0.4, 0.5) is 5.69 Å². The van der Waals surface area contributed by atoms with Crippen LogP contribution < -0.4 is 5.32 Å². The van der Waals surface area contributed by atoms with E-state index in [0.717, 1.165) is 42.7 Å². The number of hydrogen-bond acceptors (Lipinski definition) is 6. The highest BCUT2D eigenvalue weighted by molar-refractivity contribution is 5.92. The van der Waals surface area contributed by atoms with E-state index < -0.39 is 12.3 Å². The van der Waals surface area contributed by atoms with Crippen LogP contribution in [0.15, 0.2) is 48.5 Å². The largest absolute Gasteiger partial charge is 0.481 e. The number of aliphatic carboxylic acids is 1. The minimum atomic E-state index is -1.00. The van der Waals surface area contributed by atoms with Crippen LogP contribution in [0.25, 0.3) is 0 Å². The van der Waals surface area contributed by atoms with Crippen molar-refractivity contribution in [1.82, 2.24) is 4.90 Å². The summed E-state index contributed by atoms with van der Waals surface area (Å²) in [5, 5.41) is 21.3. The van der Waals surface area contributed by atoms with Crippen LogP contribution in [-0.2, 0) is 25.7 Å². The van der Waals surface area contributed by atoms with Gasteiger partial charge in [-0.25, -0.2) is 0 Å². The van der Waals surface area contributed by atoms with Crippen LogP contribution in [0.5, 0.6) is 0 Å². The molecule has 0 aromatic heterocycles. The Labute approximate surface area is 276 Å². The van der Waals surface area contributed by atoms with Gasteiger partial charge in [0.25, 0.3) is 0 Å². The first kappa shape index (κ1) is 37.7. The average Bonchev–Trinajstić information content (AvgIpc) is 3.06. The Morgan fingerprint density at radius 1 is 0.804 bits per heavy atom. The van der Waals surface area contributed by atoms with E-state index in [1.165, 1.54) is 77.0 Å². The molecular formula is C38H58N2O6. The van der Waals surface area contributed by atoms with E-state index in [1.807, 2.05) is 42.5 Å². The third-order valence-electron chi connectivity index (χ3n) is 8.74. The number of ether oxygens (including phenoxy) is 2. The van der Waals surface area contributed by atoms with Crippen LogP contribution in [0, 0.1) is 0 Å². The smallest absolute Gasteiger partial charge is 0.303 e. The fraction of sp³-hybridized carbons (Fsp3) is 0.632. The number of nitrogens with zero attached hydrogens (tertiary/aromatic N) is 1. The Hall–Kier alpha value is -2.78. The summed E-state index contributed by atoms with van der Waals surface area (Å²) in [4.78, 5) is 25.8. The van der Waals surface area contributed by atoms with Gasteiger partial charge in [-0.2, -0.15) is 0 Å². The van der Waals surface area contributed by atoms with Gasteiger partial charge in [0.15, 0.2) is 6.29 Å². The van der Waals surface area contributed by atoms with Crippen LogP contribution in [-0.4, -0.2) is 52.7 Å². The van der Waals surface area contributed by atoms with Crippen molar-refractivity contribution < 1.29 is 29.3 Å². The summed E-state index contributed by atoms with van der Waals surface area (Å²) in [5.41, 5.74) is 3.29. The van der Waals surface area contributed by atoms with E-state index in [-0.39, 0.29) is 37.6 Å². The second-order valence-corrected chi connectivity index (χ2v) is 12.8. The highest BCUT2D eigenvalue weighted by Crippen LogP contribution is 2.38. The van der Waals surface area contributed by atoms with Gasteiger partial charge < -0.3 is 29.9 Å². The van der Waals surface area contributed by atoms with Gasteiger partial charge in [0, 0.05) is 30.6 Å². The molecule has 0 spiro atoms. The van der Waals surface area contributed by atoms with Crippen molar-refractivity contribution in [3.8, 4) is 0 Å². The molecule has 8 heteroatoms. The predicted octanol–water partition coefficient (Wildman–Crippen LogP) is 8.55. The number of rotatable bonds is 23. The van der Waals surface area contributed by atoms with E-state index in [1.54, 1.807) is 6.07 Å². The Bertz CT molecular complexity index is 1120. The van der Waals surface area contributed by atoms with Crippen LogP contribution >= 0.6 is 0 Å². The van der Waals surface area contributed by atoms with Gasteiger partial charge in [-0.15, -0.1) is 0 Å². The van der Waals surface area contributed by atoms with Gasteiger partial charge in [-0.3, -0.25) is 9.59 Å². The van der Waals surface area contributed by atoms with Crippen molar-refractivity contribution >= 4 is 17.6 Å². The fourth-order valence-corrected chi connectivity index (χ4v) is 6.05. The van der Waals surface area contributed by atoms with E-state index in [9.17, 15) is 14.7 Å². The summed E-state index contributed by atoms with van der Waals surface area (Å²) < 4.78 is 13.2. The number of anilines is 1. The first-order valence-corrected chi connectivity index (χ1v) is 17.8. The molecule has 1 saturated heterocycles. The molecule has 1 aliphatic rings. The number of hydrogen-bond donors (Lipinski definition) is 3. The second-order valence-electron chi connectivity index (χ2n) is 12.8. The van der Waals surface area contributed by atoms with E-state index in [4.69, 9.17) is 14.6 Å². The van der Waals surface area contributed by atoms with Crippen LogP contribution in [0.1, 0.15) is 139 Å². The lowest BCUT2D eigenvalue weighted by atomic mass is 9.99. The van der Waals surface area contributed by atoms with Gasteiger partial charge in [0.2, 0.25) is 5.91 Å². The Morgan fingerprint density at radius 3 is 2.04 bits per heavy atom. The molecule has 0 radical (unpaired) electrons. The standard InChI is InChI=1S/C38H58N2O6/c1-3-5-7-9-11-13-24-40(25-14-12-10-8-6-4-2)28-34-27-35(31-20-18-30(29-41)19-21-31)46-38(45-34)32-16-15-17-33(26-32)39-36(42)22-23-37(43)44/h15-21,26,34-35,38,41H,3-14,22-25,27-29H2,1-2H3,(H,39,42)(H,43,44)/t34-,35+,38+/m1/s1. The number of carbonyl (C=O) groups excluding carboxylic acids is 1. The van der Waals surface area contributed by atoms with Gasteiger partial charge in [0.1, 0.15) is 0 Å². The molecule has 1 heterocycles. The summed E-state index contributed by atoms with van der Waals surface area (Å²) in [6.45, 7) is 7.48. The maximum atomic E-state index is 12.3. The molecule has 0 bridgehead atoms. The van der Waals surface area contributed by atoms with Crippen molar-refractivity contribution in [1.29, 1.82) is 0 Å². The number of aliphatic hydroxyl groups is 1. The predicted molar refractivity (Wildman–Crippen MR) is 184 cm³/mol. The molecule has 1 amide bonds. The van der Waals surface area contributed by atoms with E-state index in [0.29, 0.717) is 5.69 Å². The molecule has 0 aliphatic carbocycles. The van der Waals surface area contributed by atoms with Gasteiger partial charge in [0.05, 0.1) is 25.2 Å². The Morgan fingerprint density at radius 2 is 1.43 bits per heavy atom. The Balaban J connectivity index is 1.74. The molecule has 0 unspecified atom stereocenters. The highest BCUT2D eigenvalue weighted by Gasteiger charge is 2.33. The third-order valence-corrected chi connectivity index (χ3v) is 8.74.